The van der Waals surface area contributed by atoms with Crippen molar-refractivity contribution in [3.8, 4) is 0 Å². The van der Waals surface area contributed by atoms with Crippen molar-refractivity contribution in [3.05, 3.63) is 66.0 Å². The van der Waals surface area contributed by atoms with E-state index in [-0.39, 0.29) is 23.9 Å². The van der Waals surface area contributed by atoms with E-state index in [2.05, 4.69) is 10.2 Å². The molecule has 7 nitrogen and oxygen atoms in total. The maximum Gasteiger partial charge on any atom is 0.243 e. The number of hydrogen-bond acceptors (Lipinski definition) is 5. The molecule has 1 aliphatic heterocycles. The van der Waals surface area contributed by atoms with E-state index in [9.17, 15) is 17.6 Å². The maximum absolute atomic E-state index is 13.2. The Balaban J connectivity index is 1.67. The molecule has 3 rings (SSSR count). The molecule has 1 fully saturated rings. The highest BCUT2D eigenvalue weighted by atomic mass is 32.2. The van der Waals surface area contributed by atoms with Gasteiger partial charge in [0.05, 0.1) is 24.7 Å². The summed E-state index contributed by atoms with van der Waals surface area (Å²) in [5.74, 6) is -0.908. The molecule has 30 heavy (non-hydrogen) atoms. The van der Waals surface area contributed by atoms with Gasteiger partial charge in [0.25, 0.3) is 0 Å². The number of nitrogens with one attached hydrogen (secondary N) is 1. The molecule has 0 atom stereocenters. The maximum atomic E-state index is 13.2. The van der Waals surface area contributed by atoms with Gasteiger partial charge in [-0.25, -0.2) is 12.8 Å². The second-order valence-corrected chi connectivity index (χ2v) is 8.95. The smallest absolute Gasteiger partial charge is 0.243 e. The molecule has 0 aromatic heterocycles. The molecule has 9 heteroatoms. The fraction of sp³-hybridized carbons (Fsp3) is 0.381. The molecule has 0 bridgehead atoms. The quantitative estimate of drug-likeness (QED) is 0.645. The number of carbonyl (C=O) groups excluding carboxylic acids is 1. The number of halogens is 1. The van der Waals surface area contributed by atoms with Gasteiger partial charge in [-0.3, -0.25) is 9.69 Å². The summed E-state index contributed by atoms with van der Waals surface area (Å²) in [4.78, 5) is 14.6. The predicted octanol–water partition coefficient (Wildman–Crippen LogP) is 1.47. The van der Waals surface area contributed by atoms with Gasteiger partial charge in [0.15, 0.2) is 0 Å². The highest BCUT2D eigenvalue weighted by Gasteiger charge is 2.27. The van der Waals surface area contributed by atoms with E-state index in [1.807, 2.05) is 6.07 Å². The summed E-state index contributed by atoms with van der Waals surface area (Å²) in [5, 5.41) is 2.79. The summed E-state index contributed by atoms with van der Waals surface area (Å²) in [5.41, 5.74) is 0.754. The lowest BCUT2D eigenvalue weighted by molar-refractivity contribution is -0.121. The van der Waals surface area contributed by atoms with Crippen molar-refractivity contribution in [2.45, 2.75) is 11.4 Å². The second kappa shape index (κ2) is 10.6. The Hall–Kier alpha value is -2.33. The molecule has 2 aromatic carbocycles. The van der Waals surface area contributed by atoms with E-state index in [0.717, 1.165) is 35.1 Å². The van der Waals surface area contributed by atoms with Crippen LogP contribution in [-0.2, 0) is 26.1 Å². The molecule has 1 aliphatic rings. The van der Waals surface area contributed by atoms with Gasteiger partial charge in [-0.1, -0.05) is 30.3 Å². The number of morpholine rings is 1. The van der Waals surface area contributed by atoms with Gasteiger partial charge in [-0.15, -0.1) is 0 Å². The Morgan fingerprint density at radius 2 is 1.73 bits per heavy atom. The van der Waals surface area contributed by atoms with Gasteiger partial charge in [-0.2, -0.15) is 4.31 Å². The Kier molecular flexibility index (Phi) is 7.92. The number of sulfonamides is 1. The van der Waals surface area contributed by atoms with Gasteiger partial charge in [0.1, 0.15) is 5.82 Å². The minimum Gasteiger partial charge on any atom is -0.379 e. The molecule has 0 aliphatic carbocycles. The number of amides is 1. The zero-order valence-corrected chi connectivity index (χ0v) is 17.5. The highest BCUT2D eigenvalue weighted by molar-refractivity contribution is 7.89. The zero-order valence-electron chi connectivity index (χ0n) is 16.7. The van der Waals surface area contributed by atoms with Gasteiger partial charge in [0.2, 0.25) is 15.9 Å². The van der Waals surface area contributed by atoms with Gasteiger partial charge in [0, 0.05) is 32.7 Å². The lowest BCUT2D eigenvalue weighted by Crippen LogP contribution is -2.44. The van der Waals surface area contributed by atoms with Crippen molar-refractivity contribution in [1.82, 2.24) is 14.5 Å². The van der Waals surface area contributed by atoms with Crippen LogP contribution >= 0.6 is 0 Å². The Bertz CT molecular complexity index is 917. The summed E-state index contributed by atoms with van der Waals surface area (Å²) in [7, 11) is -3.98. The van der Waals surface area contributed by atoms with Crippen LogP contribution in [0.25, 0.3) is 0 Å². The number of carbonyl (C=O) groups is 1. The summed E-state index contributed by atoms with van der Waals surface area (Å²) < 4.78 is 45.9. The van der Waals surface area contributed by atoms with Crippen LogP contribution in [0, 0.1) is 5.82 Å². The molecule has 1 amide bonds. The summed E-state index contributed by atoms with van der Waals surface area (Å²) in [6, 6.07) is 13.6. The van der Waals surface area contributed by atoms with Crippen LogP contribution < -0.4 is 5.32 Å². The lowest BCUT2D eigenvalue weighted by atomic mass is 10.2. The van der Waals surface area contributed by atoms with Crippen molar-refractivity contribution in [2.75, 3.05) is 45.9 Å². The highest BCUT2D eigenvalue weighted by Crippen LogP contribution is 2.18. The first-order valence-electron chi connectivity index (χ1n) is 9.81. The third-order valence-electron chi connectivity index (χ3n) is 4.83. The minimum absolute atomic E-state index is 0.0391. The fourth-order valence-electron chi connectivity index (χ4n) is 3.16. The molecule has 1 N–H and O–H groups in total. The number of benzene rings is 2. The normalized spacial score (nSPS) is 15.3. The van der Waals surface area contributed by atoms with E-state index in [4.69, 9.17) is 4.74 Å². The van der Waals surface area contributed by atoms with Crippen molar-refractivity contribution >= 4 is 15.9 Å². The predicted molar refractivity (Wildman–Crippen MR) is 111 cm³/mol. The Morgan fingerprint density at radius 3 is 2.40 bits per heavy atom. The van der Waals surface area contributed by atoms with Crippen LogP contribution in [0.5, 0.6) is 0 Å². The monoisotopic (exact) mass is 435 g/mol. The average molecular weight is 436 g/mol. The van der Waals surface area contributed by atoms with Crippen molar-refractivity contribution in [1.29, 1.82) is 0 Å². The molecule has 162 valence electrons. The topological polar surface area (TPSA) is 79.0 Å². The Labute approximate surface area is 176 Å². The SMILES string of the molecule is O=C(CN(Cc1ccccc1)S(=O)(=O)c1ccc(F)cc1)NCCN1CCOCC1. The molecule has 0 unspecified atom stereocenters. The number of rotatable bonds is 9. The van der Waals surface area contributed by atoms with Crippen LogP contribution in [0.3, 0.4) is 0 Å². The van der Waals surface area contributed by atoms with Crippen LogP contribution in [0.1, 0.15) is 5.56 Å². The molecule has 1 heterocycles. The van der Waals surface area contributed by atoms with E-state index in [1.54, 1.807) is 24.3 Å². The standard InChI is InChI=1S/C21H26FN3O4S/c22-19-6-8-20(9-7-19)30(27,28)25(16-18-4-2-1-3-5-18)17-21(26)23-10-11-24-12-14-29-15-13-24/h1-9H,10-17H2,(H,23,26). The Morgan fingerprint density at radius 1 is 1.07 bits per heavy atom. The third kappa shape index (κ3) is 6.33. The van der Waals surface area contributed by atoms with Crippen molar-refractivity contribution in [3.63, 3.8) is 0 Å². The van der Waals surface area contributed by atoms with E-state index in [0.29, 0.717) is 26.3 Å². The average Bonchev–Trinajstić information content (AvgIpc) is 2.75. The van der Waals surface area contributed by atoms with Crippen LogP contribution in [0.2, 0.25) is 0 Å². The van der Waals surface area contributed by atoms with Crippen molar-refractivity contribution in [2.24, 2.45) is 0 Å². The minimum atomic E-state index is -3.98. The molecule has 0 saturated carbocycles. The summed E-state index contributed by atoms with van der Waals surface area (Å²) in [6.45, 7) is 3.80. The van der Waals surface area contributed by atoms with Gasteiger partial charge < -0.3 is 10.1 Å². The fourth-order valence-corrected chi connectivity index (χ4v) is 4.55. The zero-order chi connectivity index (χ0) is 21.4. The van der Waals surface area contributed by atoms with E-state index < -0.39 is 15.8 Å². The molecular weight excluding hydrogens is 409 g/mol. The first kappa shape index (κ1) is 22.4. The first-order chi connectivity index (χ1) is 14.4. The van der Waals surface area contributed by atoms with Crippen LogP contribution in [0.4, 0.5) is 4.39 Å². The number of nitrogens with zero attached hydrogens (tertiary/aromatic N) is 2. The molecule has 1 saturated heterocycles. The molecule has 0 spiro atoms. The van der Waals surface area contributed by atoms with Gasteiger partial charge in [-0.05, 0) is 29.8 Å². The molecule has 0 radical (unpaired) electrons. The molecule has 2 aromatic rings. The largest absolute Gasteiger partial charge is 0.379 e. The van der Waals surface area contributed by atoms with Crippen LogP contribution in [-0.4, -0.2) is 69.5 Å². The second-order valence-electron chi connectivity index (χ2n) is 7.02. The van der Waals surface area contributed by atoms with E-state index in [1.165, 1.54) is 12.1 Å². The van der Waals surface area contributed by atoms with Gasteiger partial charge >= 0.3 is 0 Å². The first-order valence-corrected chi connectivity index (χ1v) is 11.3. The molecular formula is C21H26FN3O4S. The van der Waals surface area contributed by atoms with E-state index >= 15 is 0 Å². The number of ether oxygens (including phenoxy) is 1. The summed E-state index contributed by atoms with van der Waals surface area (Å²) in [6.07, 6.45) is 0. The number of hydrogen-bond donors (Lipinski definition) is 1. The third-order valence-corrected chi connectivity index (χ3v) is 6.63. The summed E-state index contributed by atoms with van der Waals surface area (Å²) >= 11 is 0. The lowest BCUT2D eigenvalue weighted by Gasteiger charge is -2.27. The van der Waals surface area contributed by atoms with Crippen molar-refractivity contribution < 1.29 is 22.3 Å². The van der Waals surface area contributed by atoms with Crippen LogP contribution in [0.15, 0.2) is 59.5 Å².